The molecule has 0 N–H and O–H groups in total. The lowest BCUT2D eigenvalue weighted by Crippen LogP contribution is -2.33. The predicted octanol–water partition coefficient (Wildman–Crippen LogP) is 0.760. The number of hydrogen-bond donors (Lipinski definition) is 0. The number of aldehydes is 1. The summed E-state index contributed by atoms with van der Waals surface area (Å²) in [6.45, 7) is 1.41. The van der Waals surface area contributed by atoms with E-state index in [0.29, 0.717) is 19.1 Å². The van der Waals surface area contributed by atoms with E-state index >= 15 is 0 Å². The molecule has 12 heavy (non-hydrogen) atoms. The van der Waals surface area contributed by atoms with Gasteiger partial charge in [-0.25, -0.2) is 0 Å². The van der Waals surface area contributed by atoms with E-state index in [1.165, 1.54) is 6.92 Å². The summed E-state index contributed by atoms with van der Waals surface area (Å²) in [4.78, 5) is 32.7. The summed E-state index contributed by atoms with van der Waals surface area (Å²) in [6.07, 6.45) is 2.71. The van der Waals surface area contributed by atoms with Crippen LogP contribution in [0.25, 0.3) is 0 Å². The first-order valence-corrected chi connectivity index (χ1v) is 4.16. The van der Waals surface area contributed by atoms with Crippen molar-refractivity contribution in [1.82, 2.24) is 0 Å². The molecule has 0 amide bonds. The molecular weight excluding hydrogens is 156 g/mol. The minimum Gasteiger partial charge on any atom is -0.303 e. The van der Waals surface area contributed by atoms with Gasteiger partial charge in [-0.15, -0.1) is 0 Å². The van der Waals surface area contributed by atoms with Crippen molar-refractivity contribution >= 4 is 17.9 Å². The second kappa shape index (κ2) is 3.61. The zero-order valence-corrected chi connectivity index (χ0v) is 7.08. The van der Waals surface area contributed by atoms with Gasteiger partial charge in [0.2, 0.25) is 0 Å². The van der Waals surface area contributed by atoms with Crippen molar-refractivity contribution in [1.29, 1.82) is 0 Å². The van der Waals surface area contributed by atoms with Crippen LogP contribution in [0, 0.1) is 11.8 Å². The van der Waals surface area contributed by atoms with Gasteiger partial charge in [0.15, 0.2) is 5.78 Å². The number of carbonyl (C=O) groups excluding carboxylic acids is 3. The molecule has 2 unspecified atom stereocenters. The Labute approximate surface area is 71.1 Å². The molecule has 0 heterocycles. The SMILES string of the molecule is CC(=O)C1CCCC(C=O)C1=O. The van der Waals surface area contributed by atoms with Gasteiger partial charge in [-0.05, 0) is 19.8 Å². The van der Waals surface area contributed by atoms with Crippen molar-refractivity contribution in [3.63, 3.8) is 0 Å². The van der Waals surface area contributed by atoms with E-state index in [9.17, 15) is 14.4 Å². The molecule has 0 radical (unpaired) electrons. The van der Waals surface area contributed by atoms with Crippen LogP contribution in [0.5, 0.6) is 0 Å². The molecule has 1 aliphatic carbocycles. The summed E-state index contributed by atoms with van der Waals surface area (Å²) < 4.78 is 0. The summed E-state index contributed by atoms with van der Waals surface area (Å²) in [5, 5.41) is 0. The normalized spacial score (nSPS) is 29.9. The molecule has 1 saturated carbocycles. The second-order valence-electron chi connectivity index (χ2n) is 3.24. The topological polar surface area (TPSA) is 51.2 Å². The molecule has 3 nitrogen and oxygen atoms in total. The molecule has 0 aromatic carbocycles. The molecule has 66 valence electrons. The van der Waals surface area contributed by atoms with Crippen LogP contribution in [-0.4, -0.2) is 17.9 Å². The van der Waals surface area contributed by atoms with E-state index in [4.69, 9.17) is 0 Å². The number of carbonyl (C=O) groups is 3. The molecule has 0 aromatic heterocycles. The van der Waals surface area contributed by atoms with E-state index in [1.54, 1.807) is 0 Å². The van der Waals surface area contributed by atoms with Gasteiger partial charge >= 0.3 is 0 Å². The summed E-state index contributed by atoms with van der Waals surface area (Å²) in [5.41, 5.74) is 0. The highest BCUT2D eigenvalue weighted by Crippen LogP contribution is 2.24. The Balaban J connectivity index is 2.72. The van der Waals surface area contributed by atoms with E-state index < -0.39 is 11.8 Å². The first-order chi connectivity index (χ1) is 5.66. The lowest BCUT2D eigenvalue weighted by Gasteiger charge is -2.22. The largest absolute Gasteiger partial charge is 0.303 e. The molecule has 0 saturated heterocycles. The number of Topliss-reactive ketones (excluding diaryl/α,β-unsaturated/α-hetero) is 2. The minimum atomic E-state index is -0.521. The van der Waals surface area contributed by atoms with Gasteiger partial charge in [0.1, 0.15) is 12.1 Å². The highest BCUT2D eigenvalue weighted by molar-refractivity contribution is 6.07. The summed E-state index contributed by atoms with van der Waals surface area (Å²) in [7, 11) is 0. The van der Waals surface area contributed by atoms with Gasteiger partial charge in [-0.3, -0.25) is 9.59 Å². The summed E-state index contributed by atoms with van der Waals surface area (Å²) in [5.74, 6) is -1.31. The van der Waals surface area contributed by atoms with Crippen molar-refractivity contribution in [2.45, 2.75) is 26.2 Å². The Morgan fingerprint density at radius 2 is 2.17 bits per heavy atom. The van der Waals surface area contributed by atoms with Gasteiger partial charge in [0.05, 0.1) is 11.8 Å². The lowest BCUT2D eigenvalue weighted by atomic mass is 9.79. The Kier molecular flexibility index (Phi) is 2.74. The highest BCUT2D eigenvalue weighted by Gasteiger charge is 2.33. The van der Waals surface area contributed by atoms with Crippen LogP contribution in [-0.2, 0) is 14.4 Å². The third-order valence-corrected chi connectivity index (χ3v) is 2.37. The second-order valence-corrected chi connectivity index (χ2v) is 3.24. The number of hydrogen-bond acceptors (Lipinski definition) is 3. The van der Waals surface area contributed by atoms with Gasteiger partial charge < -0.3 is 4.79 Å². The monoisotopic (exact) mass is 168 g/mol. The standard InChI is InChI=1S/C9H12O3/c1-6(11)8-4-2-3-7(5-10)9(8)12/h5,7-8H,2-4H2,1H3. The van der Waals surface area contributed by atoms with E-state index in [1.807, 2.05) is 0 Å². The first-order valence-electron chi connectivity index (χ1n) is 4.16. The van der Waals surface area contributed by atoms with Crippen LogP contribution in [0.1, 0.15) is 26.2 Å². The minimum absolute atomic E-state index is 0.105. The molecule has 1 fully saturated rings. The van der Waals surface area contributed by atoms with Crippen LogP contribution in [0.3, 0.4) is 0 Å². The molecular formula is C9H12O3. The molecule has 0 aromatic rings. The summed E-state index contributed by atoms with van der Waals surface area (Å²) in [6, 6.07) is 0. The van der Waals surface area contributed by atoms with Crippen LogP contribution in [0.4, 0.5) is 0 Å². The average Bonchev–Trinajstić information content (AvgIpc) is 2.04. The van der Waals surface area contributed by atoms with Gasteiger partial charge in [0.25, 0.3) is 0 Å². The van der Waals surface area contributed by atoms with Crippen LogP contribution in [0.15, 0.2) is 0 Å². The molecule has 3 heteroatoms. The Morgan fingerprint density at radius 1 is 1.50 bits per heavy atom. The number of rotatable bonds is 2. The van der Waals surface area contributed by atoms with Crippen molar-refractivity contribution in [2.75, 3.05) is 0 Å². The zero-order valence-electron chi connectivity index (χ0n) is 7.08. The van der Waals surface area contributed by atoms with Crippen molar-refractivity contribution in [2.24, 2.45) is 11.8 Å². The van der Waals surface area contributed by atoms with Gasteiger partial charge in [-0.1, -0.05) is 6.42 Å². The van der Waals surface area contributed by atoms with E-state index in [2.05, 4.69) is 0 Å². The fourth-order valence-corrected chi connectivity index (χ4v) is 1.62. The fourth-order valence-electron chi connectivity index (χ4n) is 1.62. The Hall–Kier alpha value is -0.990. The Morgan fingerprint density at radius 3 is 2.67 bits per heavy atom. The molecule has 0 bridgehead atoms. The van der Waals surface area contributed by atoms with Crippen LogP contribution >= 0.6 is 0 Å². The molecule has 2 atom stereocenters. The van der Waals surface area contributed by atoms with Crippen molar-refractivity contribution < 1.29 is 14.4 Å². The predicted molar refractivity (Wildman–Crippen MR) is 42.6 cm³/mol. The maximum absolute atomic E-state index is 11.3. The van der Waals surface area contributed by atoms with Crippen molar-refractivity contribution in [3.05, 3.63) is 0 Å². The smallest absolute Gasteiger partial charge is 0.153 e. The highest BCUT2D eigenvalue weighted by atomic mass is 16.2. The molecule has 1 rings (SSSR count). The fraction of sp³-hybridized carbons (Fsp3) is 0.667. The summed E-state index contributed by atoms with van der Waals surface area (Å²) >= 11 is 0. The maximum atomic E-state index is 11.3. The molecule has 1 aliphatic rings. The van der Waals surface area contributed by atoms with Crippen LogP contribution in [0.2, 0.25) is 0 Å². The van der Waals surface area contributed by atoms with Crippen molar-refractivity contribution in [3.8, 4) is 0 Å². The maximum Gasteiger partial charge on any atom is 0.153 e. The Bertz CT molecular complexity index is 220. The lowest BCUT2D eigenvalue weighted by molar-refractivity contribution is -0.138. The van der Waals surface area contributed by atoms with E-state index in [-0.39, 0.29) is 11.6 Å². The molecule has 0 aliphatic heterocycles. The third kappa shape index (κ3) is 1.60. The first kappa shape index (κ1) is 9.10. The third-order valence-electron chi connectivity index (χ3n) is 2.37. The quantitative estimate of drug-likeness (QED) is 0.452. The average molecular weight is 168 g/mol. The van der Waals surface area contributed by atoms with Crippen LogP contribution < -0.4 is 0 Å². The van der Waals surface area contributed by atoms with Gasteiger partial charge in [0, 0.05) is 0 Å². The zero-order chi connectivity index (χ0) is 9.14. The van der Waals surface area contributed by atoms with Gasteiger partial charge in [-0.2, -0.15) is 0 Å². The number of ketones is 2. The molecule has 0 spiro atoms. The van der Waals surface area contributed by atoms with E-state index in [0.717, 1.165) is 6.42 Å².